The van der Waals surface area contributed by atoms with Gasteiger partial charge in [-0.2, -0.15) is 5.10 Å². The van der Waals surface area contributed by atoms with Gasteiger partial charge in [0.15, 0.2) is 11.0 Å². The van der Waals surface area contributed by atoms with Gasteiger partial charge in [0, 0.05) is 30.9 Å². The summed E-state index contributed by atoms with van der Waals surface area (Å²) in [5.41, 5.74) is 2.70. The van der Waals surface area contributed by atoms with E-state index in [4.69, 9.17) is 14.3 Å². The highest BCUT2D eigenvalue weighted by Gasteiger charge is 2.35. The van der Waals surface area contributed by atoms with E-state index in [1.54, 1.807) is 25.8 Å². The van der Waals surface area contributed by atoms with Crippen molar-refractivity contribution in [3.05, 3.63) is 78.5 Å². The van der Waals surface area contributed by atoms with Crippen LogP contribution in [0.25, 0.3) is 11.4 Å². The molecule has 0 aliphatic carbocycles. The molecule has 0 radical (unpaired) electrons. The van der Waals surface area contributed by atoms with Gasteiger partial charge in [0.1, 0.15) is 17.6 Å². The fourth-order valence-electron chi connectivity index (χ4n) is 3.99. The lowest BCUT2D eigenvalue weighted by Gasteiger charge is -2.19. The van der Waals surface area contributed by atoms with E-state index in [-0.39, 0.29) is 17.7 Å². The van der Waals surface area contributed by atoms with E-state index >= 15 is 0 Å². The number of benzene rings is 1. The summed E-state index contributed by atoms with van der Waals surface area (Å²) in [4.78, 5) is 17.4. The van der Waals surface area contributed by atoms with Gasteiger partial charge < -0.3 is 13.7 Å². The monoisotopic (exact) mass is 488 g/mol. The first-order chi connectivity index (χ1) is 17.2. The smallest absolute Gasteiger partial charge is 0.253 e. The minimum atomic E-state index is -0.299. The van der Waals surface area contributed by atoms with Crippen molar-refractivity contribution in [3.63, 3.8) is 0 Å². The van der Waals surface area contributed by atoms with E-state index in [1.807, 2.05) is 60.0 Å². The molecule has 1 aliphatic heterocycles. The highest BCUT2D eigenvalue weighted by molar-refractivity contribution is 7.99. The Kier molecular flexibility index (Phi) is 6.62. The standard InChI is InChI=1S/C25H24N6O3S/c1-3-30-24(18-10-12-26-13-11-18)27-28-25(30)35-16-23(32)31-21(22-5-4-14-34-22)15-20(29-31)17-6-8-19(33-2)9-7-17/h4-14,21H,3,15-16H2,1-2H3/t21-/m0/s1. The third kappa shape index (κ3) is 4.69. The molecular weight excluding hydrogens is 464 g/mol. The van der Waals surface area contributed by atoms with Gasteiger partial charge in [-0.1, -0.05) is 11.8 Å². The van der Waals surface area contributed by atoms with Gasteiger partial charge in [-0.25, -0.2) is 5.01 Å². The molecule has 0 N–H and O–H groups in total. The van der Waals surface area contributed by atoms with E-state index < -0.39 is 0 Å². The lowest BCUT2D eigenvalue weighted by atomic mass is 10.0. The summed E-state index contributed by atoms with van der Waals surface area (Å²) in [7, 11) is 1.63. The number of thioether (sulfide) groups is 1. The van der Waals surface area contributed by atoms with Gasteiger partial charge in [-0.15, -0.1) is 10.2 Å². The van der Waals surface area contributed by atoms with E-state index in [9.17, 15) is 4.79 Å². The molecule has 0 spiro atoms. The Morgan fingerprint density at radius 2 is 1.91 bits per heavy atom. The van der Waals surface area contributed by atoms with Crippen LogP contribution < -0.4 is 4.74 Å². The first-order valence-electron chi connectivity index (χ1n) is 11.2. The van der Waals surface area contributed by atoms with Crippen molar-refractivity contribution >= 4 is 23.4 Å². The fourth-order valence-corrected chi connectivity index (χ4v) is 4.84. The number of nitrogens with zero attached hydrogens (tertiary/aromatic N) is 6. The summed E-state index contributed by atoms with van der Waals surface area (Å²) in [6.07, 6.45) is 5.62. The topological polar surface area (TPSA) is 98.6 Å². The number of amides is 1. The average molecular weight is 489 g/mol. The van der Waals surface area contributed by atoms with Crippen LogP contribution in [0.4, 0.5) is 0 Å². The van der Waals surface area contributed by atoms with Crippen molar-refractivity contribution < 1.29 is 13.9 Å². The summed E-state index contributed by atoms with van der Waals surface area (Å²) in [6.45, 7) is 2.71. The van der Waals surface area contributed by atoms with Crippen LogP contribution in [0.3, 0.4) is 0 Å². The second-order valence-electron chi connectivity index (χ2n) is 7.82. The summed E-state index contributed by atoms with van der Waals surface area (Å²) in [5.74, 6) is 2.26. The first-order valence-corrected chi connectivity index (χ1v) is 12.2. The second-order valence-corrected chi connectivity index (χ2v) is 8.77. The first kappa shape index (κ1) is 22.9. The number of carbonyl (C=O) groups is 1. The minimum absolute atomic E-state index is 0.129. The van der Waals surface area contributed by atoms with Crippen molar-refractivity contribution in [3.8, 4) is 17.1 Å². The van der Waals surface area contributed by atoms with Crippen LogP contribution in [-0.2, 0) is 11.3 Å². The molecule has 1 amide bonds. The SMILES string of the molecule is CCn1c(SCC(=O)N2N=C(c3ccc(OC)cc3)C[C@H]2c2ccco2)nnc1-c1ccncc1. The lowest BCUT2D eigenvalue weighted by molar-refractivity contribution is -0.130. The Labute approximate surface area is 206 Å². The average Bonchev–Trinajstić information content (AvgIpc) is 3.67. The molecule has 4 aromatic rings. The van der Waals surface area contributed by atoms with E-state index in [1.165, 1.54) is 16.8 Å². The molecule has 1 aliphatic rings. The molecule has 0 bridgehead atoms. The zero-order valence-electron chi connectivity index (χ0n) is 19.4. The highest BCUT2D eigenvalue weighted by atomic mass is 32.2. The fraction of sp³-hybridized carbons (Fsp3) is 0.240. The number of hydrogen-bond donors (Lipinski definition) is 0. The van der Waals surface area contributed by atoms with Gasteiger partial charge in [0.25, 0.3) is 5.91 Å². The molecule has 10 heteroatoms. The van der Waals surface area contributed by atoms with Crippen molar-refractivity contribution in [1.29, 1.82) is 0 Å². The number of pyridine rings is 1. The van der Waals surface area contributed by atoms with Crippen LogP contribution in [0.5, 0.6) is 5.75 Å². The lowest BCUT2D eigenvalue weighted by Crippen LogP contribution is -2.28. The van der Waals surface area contributed by atoms with Gasteiger partial charge in [-0.3, -0.25) is 9.78 Å². The number of hydrazone groups is 1. The summed E-state index contributed by atoms with van der Waals surface area (Å²) in [5, 5.41) is 15.6. The predicted molar refractivity (Wildman–Crippen MR) is 132 cm³/mol. The van der Waals surface area contributed by atoms with Crippen molar-refractivity contribution in [2.45, 2.75) is 31.1 Å². The number of hydrogen-bond acceptors (Lipinski definition) is 8. The highest BCUT2D eigenvalue weighted by Crippen LogP contribution is 2.34. The normalized spacial score (nSPS) is 15.3. The molecule has 9 nitrogen and oxygen atoms in total. The molecule has 35 heavy (non-hydrogen) atoms. The molecule has 0 saturated carbocycles. The summed E-state index contributed by atoms with van der Waals surface area (Å²) < 4.78 is 12.9. The van der Waals surface area contributed by atoms with Crippen LogP contribution in [0, 0.1) is 0 Å². The van der Waals surface area contributed by atoms with Crippen molar-refractivity contribution in [2.75, 3.05) is 12.9 Å². The van der Waals surface area contributed by atoms with E-state index in [0.717, 1.165) is 28.4 Å². The number of aromatic nitrogens is 4. The number of ether oxygens (including phenoxy) is 1. The number of rotatable bonds is 8. The number of carbonyl (C=O) groups excluding carboxylic acids is 1. The Balaban J connectivity index is 1.36. The third-order valence-corrected chi connectivity index (χ3v) is 6.71. The van der Waals surface area contributed by atoms with E-state index in [2.05, 4.69) is 15.2 Å². The predicted octanol–water partition coefficient (Wildman–Crippen LogP) is 4.43. The Bertz CT molecular complexity index is 1320. The Morgan fingerprint density at radius 1 is 1.11 bits per heavy atom. The second kappa shape index (κ2) is 10.1. The molecule has 3 aromatic heterocycles. The summed E-state index contributed by atoms with van der Waals surface area (Å²) in [6, 6.07) is 14.9. The molecule has 0 unspecified atom stereocenters. The molecule has 1 atom stereocenters. The van der Waals surface area contributed by atoms with Crippen LogP contribution in [-0.4, -0.2) is 49.2 Å². The number of methoxy groups -OCH3 is 1. The third-order valence-electron chi connectivity index (χ3n) is 5.76. The van der Waals surface area contributed by atoms with Crippen LogP contribution >= 0.6 is 11.8 Å². The maximum atomic E-state index is 13.3. The van der Waals surface area contributed by atoms with Crippen LogP contribution in [0.15, 0.2) is 81.9 Å². The van der Waals surface area contributed by atoms with E-state index in [0.29, 0.717) is 23.9 Å². The zero-order chi connectivity index (χ0) is 24.2. The van der Waals surface area contributed by atoms with Gasteiger partial charge in [0.05, 0.1) is 24.8 Å². The van der Waals surface area contributed by atoms with Crippen molar-refractivity contribution in [1.82, 2.24) is 24.8 Å². The zero-order valence-corrected chi connectivity index (χ0v) is 20.2. The quantitative estimate of drug-likeness (QED) is 0.338. The molecule has 178 valence electrons. The Hall–Kier alpha value is -3.92. The maximum Gasteiger partial charge on any atom is 0.253 e. The summed E-state index contributed by atoms with van der Waals surface area (Å²) >= 11 is 1.35. The Morgan fingerprint density at radius 3 is 2.60 bits per heavy atom. The van der Waals surface area contributed by atoms with Gasteiger partial charge in [-0.05, 0) is 61.0 Å². The van der Waals surface area contributed by atoms with Gasteiger partial charge in [0.2, 0.25) is 0 Å². The maximum absolute atomic E-state index is 13.3. The largest absolute Gasteiger partial charge is 0.497 e. The van der Waals surface area contributed by atoms with Crippen LogP contribution in [0.1, 0.15) is 30.7 Å². The van der Waals surface area contributed by atoms with Gasteiger partial charge >= 0.3 is 0 Å². The van der Waals surface area contributed by atoms with Crippen molar-refractivity contribution in [2.24, 2.45) is 5.10 Å². The molecule has 0 saturated heterocycles. The molecule has 1 aromatic carbocycles. The molecule has 0 fully saturated rings. The molecule has 4 heterocycles. The minimum Gasteiger partial charge on any atom is -0.497 e. The van der Waals surface area contributed by atoms with Crippen LogP contribution in [0.2, 0.25) is 0 Å². The molecular formula is C25H24N6O3S. The molecule has 5 rings (SSSR count). The number of furan rings is 1.